The SMILES string of the molecule is N[C@@H]1CN(c2nc3cc(F)c(F)cc3n2Cc2ccccc2C(F)(F)F)CCC1F. The molecule has 1 saturated heterocycles. The van der Waals surface area contributed by atoms with Crippen LogP contribution in [0, 0.1) is 11.6 Å². The molecule has 4 nitrogen and oxygen atoms in total. The maximum atomic E-state index is 13.9. The van der Waals surface area contributed by atoms with E-state index in [-0.39, 0.29) is 48.6 Å². The zero-order valence-electron chi connectivity index (χ0n) is 15.6. The minimum atomic E-state index is -4.58. The Hall–Kier alpha value is -2.75. The Morgan fingerprint density at radius 1 is 1.10 bits per heavy atom. The van der Waals surface area contributed by atoms with E-state index in [1.165, 1.54) is 22.8 Å². The molecule has 2 heterocycles. The molecule has 1 aromatic heterocycles. The highest BCUT2D eigenvalue weighted by Crippen LogP contribution is 2.34. The smallest absolute Gasteiger partial charge is 0.340 e. The van der Waals surface area contributed by atoms with Gasteiger partial charge in [-0.2, -0.15) is 13.2 Å². The summed E-state index contributed by atoms with van der Waals surface area (Å²) in [6.45, 7) is 0.0256. The van der Waals surface area contributed by atoms with E-state index in [1.54, 1.807) is 4.90 Å². The lowest BCUT2D eigenvalue weighted by molar-refractivity contribution is -0.138. The van der Waals surface area contributed by atoms with Crippen molar-refractivity contribution < 1.29 is 26.3 Å². The van der Waals surface area contributed by atoms with Crippen LogP contribution in [0.4, 0.5) is 32.3 Å². The molecule has 4 rings (SSSR count). The van der Waals surface area contributed by atoms with Crippen molar-refractivity contribution in [2.24, 2.45) is 5.73 Å². The number of alkyl halides is 4. The largest absolute Gasteiger partial charge is 0.416 e. The second-order valence-electron chi connectivity index (χ2n) is 7.32. The fraction of sp³-hybridized carbons (Fsp3) is 0.350. The van der Waals surface area contributed by atoms with Gasteiger partial charge in [0, 0.05) is 25.2 Å². The summed E-state index contributed by atoms with van der Waals surface area (Å²) < 4.78 is 83.2. The Kier molecular flexibility index (Phi) is 5.13. The van der Waals surface area contributed by atoms with Crippen molar-refractivity contribution in [1.29, 1.82) is 0 Å². The zero-order valence-corrected chi connectivity index (χ0v) is 15.6. The Bertz CT molecular complexity index is 1080. The van der Waals surface area contributed by atoms with E-state index in [0.29, 0.717) is 0 Å². The van der Waals surface area contributed by atoms with Gasteiger partial charge >= 0.3 is 6.18 Å². The van der Waals surface area contributed by atoms with Crippen LogP contribution in [0.5, 0.6) is 0 Å². The molecular weight excluding hydrogens is 410 g/mol. The monoisotopic (exact) mass is 428 g/mol. The minimum absolute atomic E-state index is 0.0556. The fourth-order valence-electron chi connectivity index (χ4n) is 3.74. The highest BCUT2D eigenvalue weighted by Gasteiger charge is 2.34. The third-order valence-electron chi connectivity index (χ3n) is 5.27. The highest BCUT2D eigenvalue weighted by molar-refractivity contribution is 5.79. The lowest BCUT2D eigenvalue weighted by Gasteiger charge is -2.34. The molecule has 0 spiro atoms. The molecular formula is C20H18F6N4. The van der Waals surface area contributed by atoms with Crippen molar-refractivity contribution in [3.8, 4) is 0 Å². The number of anilines is 1. The summed E-state index contributed by atoms with van der Waals surface area (Å²) in [5, 5.41) is 0. The number of aromatic nitrogens is 2. The molecule has 2 N–H and O–H groups in total. The van der Waals surface area contributed by atoms with Gasteiger partial charge in [0.1, 0.15) is 6.17 Å². The summed E-state index contributed by atoms with van der Waals surface area (Å²) in [5.74, 6) is -2.07. The molecule has 2 atom stereocenters. The average Bonchev–Trinajstić information content (AvgIpc) is 3.01. The van der Waals surface area contributed by atoms with Gasteiger partial charge in [0.25, 0.3) is 0 Å². The molecule has 30 heavy (non-hydrogen) atoms. The molecule has 0 radical (unpaired) electrons. The number of hydrogen-bond donors (Lipinski definition) is 1. The quantitative estimate of drug-likeness (QED) is 0.635. The lowest BCUT2D eigenvalue weighted by atomic mass is 10.0. The number of rotatable bonds is 3. The number of fused-ring (bicyclic) bond motifs is 1. The Balaban J connectivity index is 1.85. The van der Waals surface area contributed by atoms with Gasteiger partial charge in [0.05, 0.1) is 29.2 Å². The topological polar surface area (TPSA) is 47.1 Å². The molecule has 0 amide bonds. The molecule has 1 aliphatic heterocycles. The van der Waals surface area contributed by atoms with Gasteiger partial charge in [-0.25, -0.2) is 18.2 Å². The van der Waals surface area contributed by atoms with Crippen LogP contribution in [-0.2, 0) is 12.7 Å². The first-order chi connectivity index (χ1) is 14.1. The maximum absolute atomic E-state index is 13.9. The number of piperidine rings is 1. The zero-order chi connectivity index (χ0) is 21.6. The number of nitrogens with zero attached hydrogens (tertiary/aromatic N) is 3. The summed E-state index contributed by atoms with van der Waals surface area (Å²) in [5.41, 5.74) is 5.14. The van der Waals surface area contributed by atoms with E-state index in [4.69, 9.17) is 5.73 Å². The Morgan fingerprint density at radius 2 is 1.80 bits per heavy atom. The summed E-state index contributed by atoms with van der Waals surface area (Å²) >= 11 is 0. The van der Waals surface area contributed by atoms with Gasteiger partial charge in [0.2, 0.25) is 5.95 Å². The van der Waals surface area contributed by atoms with Crippen LogP contribution in [0.3, 0.4) is 0 Å². The van der Waals surface area contributed by atoms with Crippen LogP contribution in [-0.4, -0.2) is 34.9 Å². The maximum Gasteiger partial charge on any atom is 0.416 e. The van der Waals surface area contributed by atoms with Crippen LogP contribution in [0.2, 0.25) is 0 Å². The third-order valence-corrected chi connectivity index (χ3v) is 5.27. The van der Waals surface area contributed by atoms with Gasteiger partial charge in [-0.3, -0.25) is 0 Å². The van der Waals surface area contributed by atoms with E-state index in [1.807, 2.05) is 0 Å². The second-order valence-corrected chi connectivity index (χ2v) is 7.32. The van der Waals surface area contributed by atoms with E-state index >= 15 is 0 Å². The lowest BCUT2D eigenvalue weighted by Crippen LogP contribution is -2.50. The predicted octanol–water partition coefficient (Wildman–Crippen LogP) is 4.26. The van der Waals surface area contributed by atoms with E-state index in [2.05, 4.69) is 4.98 Å². The first kappa shape index (κ1) is 20.5. The van der Waals surface area contributed by atoms with Crippen LogP contribution in [0.25, 0.3) is 11.0 Å². The van der Waals surface area contributed by atoms with Crippen LogP contribution >= 0.6 is 0 Å². The fourth-order valence-corrected chi connectivity index (χ4v) is 3.74. The van der Waals surface area contributed by atoms with Crippen LogP contribution in [0.15, 0.2) is 36.4 Å². The Labute approximate surface area is 167 Å². The third kappa shape index (κ3) is 3.71. The van der Waals surface area contributed by atoms with Gasteiger partial charge < -0.3 is 15.2 Å². The van der Waals surface area contributed by atoms with Gasteiger partial charge in [-0.05, 0) is 18.1 Å². The summed E-state index contributed by atoms with van der Waals surface area (Å²) in [6.07, 6.45) is -5.68. The number of halogens is 6. The number of hydrogen-bond acceptors (Lipinski definition) is 3. The average molecular weight is 428 g/mol. The number of imidazole rings is 1. The molecule has 1 fully saturated rings. The first-order valence-electron chi connectivity index (χ1n) is 9.30. The highest BCUT2D eigenvalue weighted by atomic mass is 19.4. The normalized spacial score (nSPS) is 20.2. The molecule has 1 aliphatic rings. The van der Waals surface area contributed by atoms with Crippen LogP contribution < -0.4 is 10.6 Å². The van der Waals surface area contributed by atoms with Crippen molar-refractivity contribution in [1.82, 2.24) is 9.55 Å². The van der Waals surface area contributed by atoms with Gasteiger partial charge in [-0.1, -0.05) is 18.2 Å². The van der Waals surface area contributed by atoms with Crippen molar-refractivity contribution in [2.45, 2.75) is 31.4 Å². The Morgan fingerprint density at radius 3 is 2.50 bits per heavy atom. The second kappa shape index (κ2) is 7.50. The summed E-state index contributed by atoms with van der Waals surface area (Å²) in [7, 11) is 0. The molecule has 3 aromatic rings. The van der Waals surface area contributed by atoms with E-state index in [0.717, 1.165) is 18.2 Å². The molecule has 0 aliphatic carbocycles. The van der Waals surface area contributed by atoms with E-state index < -0.39 is 35.6 Å². The molecule has 10 heteroatoms. The number of nitrogens with two attached hydrogens (primary N) is 1. The minimum Gasteiger partial charge on any atom is -0.340 e. The molecule has 0 bridgehead atoms. The van der Waals surface area contributed by atoms with Gasteiger partial charge in [-0.15, -0.1) is 0 Å². The first-order valence-corrected chi connectivity index (χ1v) is 9.30. The van der Waals surface area contributed by atoms with Crippen molar-refractivity contribution >= 4 is 17.0 Å². The van der Waals surface area contributed by atoms with Crippen molar-refractivity contribution in [2.75, 3.05) is 18.0 Å². The summed E-state index contributed by atoms with van der Waals surface area (Å²) in [4.78, 5) is 5.94. The standard InChI is InChI=1S/C20H18F6N4/c21-13-5-6-29(10-16(13)27)19-28-17-7-14(22)15(23)8-18(17)30(19)9-11-3-1-2-4-12(11)20(24,25)26/h1-4,7-8,13,16H,5-6,9-10,27H2/t13?,16-/m1/s1. The van der Waals surface area contributed by atoms with E-state index in [9.17, 15) is 26.3 Å². The molecule has 2 aromatic carbocycles. The number of benzene rings is 2. The van der Waals surface area contributed by atoms with Crippen LogP contribution in [0.1, 0.15) is 17.5 Å². The molecule has 160 valence electrons. The summed E-state index contributed by atoms with van der Waals surface area (Å²) in [6, 6.07) is 6.01. The van der Waals surface area contributed by atoms with Gasteiger partial charge in [0.15, 0.2) is 11.6 Å². The van der Waals surface area contributed by atoms with Crippen molar-refractivity contribution in [3.05, 3.63) is 59.2 Å². The molecule has 1 unspecified atom stereocenters. The molecule has 0 saturated carbocycles. The van der Waals surface area contributed by atoms with Crippen molar-refractivity contribution in [3.63, 3.8) is 0 Å². The predicted molar refractivity (Wildman–Crippen MR) is 99.9 cm³/mol.